The first kappa shape index (κ1) is 19.2. The van der Waals surface area contributed by atoms with Gasteiger partial charge in [-0.15, -0.1) is 6.42 Å². The highest BCUT2D eigenvalue weighted by Crippen LogP contribution is 2.24. The Kier molecular flexibility index (Phi) is 4.73. The van der Waals surface area contributed by atoms with E-state index in [0.717, 1.165) is 16.2 Å². The zero-order valence-corrected chi connectivity index (χ0v) is 16.1. The van der Waals surface area contributed by atoms with Crippen molar-refractivity contribution in [2.24, 2.45) is 4.99 Å². The monoisotopic (exact) mass is 420 g/mol. The van der Waals surface area contributed by atoms with Crippen molar-refractivity contribution in [3.8, 4) is 12.3 Å². The molecule has 0 spiro atoms. The van der Waals surface area contributed by atoms with Crippen molar-refractivity contribution in [3.63, 3.8) is 0 Å². The molecule has 148 valence electrons. The van der Waals surface area contributed by atoms with Crippen molar-refractivity contribution < 1.29 is 19.3 Å². The lowest BCUT2D eigenvalue weighted by atomic mass is 10.1. The average molecular weight is 420 g/mol. The van der Waals surface area contributed by atoms with Gasteiger partial charge in [-0.25, -0.2) is 0 Å². The molecule has 4 rings (SSSR count). The molecule has 1 aliphatic heterocycles. The van der Waals surface area contributed by atoms with E-state index in [9.17, 15) is 24.5 Å². The number of benzene rings is 2. The number of carbonyl (C=O) groups is 3. The number of nitro benzene ring substituents is 1. The molecule has 0 fully saturated rings. The second-order valence-corrected chi connectivity index (χ2v) is 7.34. The Hall–Kier alpha value is -4.10. The number of nitrogens with zero attached hydrogens (tertiary/aromatic N) is 4. The van der Waals surface area contributed by atoms with Gasteiger partial charge in [0.2, 0.25) is 0 Å². The molecule has 0 unspecified atom stereocenters. The maximum absolute atomic E-state index is 12.5. The van der Waals surface area contributed by atoms with Crippen LogP contribution >= 0.6 is 11.3 Å². The number of fused-ring (bicyclic) bond motifs is 2. The van der Waals surface area contributed by atoms with Gasteiger partial charge in [-0.3, -0.25) is 29.4 Å². The van der Waals surface area contributed by atoms with E-state index in [4.69, 9.17) is 6.42 Å². The third kappa shape index (κ3) is 3.17. The Labute approximate surface area is 173 Å². The maximum Gasteiger partial charge on any atom is 0.271 e. The quantitative estimate of drug-likeness (QED) is 0.277. The lowest BCUT2D eigenvalue weighted by molar-refractivity contribution is -0.384. The van der Waals surface area contributed by atoms with Crippen molar-refractivity contribution in [3.05, 3.63) is 68.5 Å². The summed E-state index contributed by atoms with van der Waals surface area (Å²) in [5.41, 5.74) is 0.841. The molecule has 0 saturated carbocycles. The second-order valence-electron chi connectivity index (χ2n) is 6.33. The molecule has 1 aromatic heterocycles. The zero-order chi connectivity index (χ0) is 21.4. The van der Waals surface area contributed by atoms with E-state index in [-0.39, 0.29) is 28.2 Å². The third-order valence-electron chi connectivity index (χ3n) is 4.52. The summed E-state index contributed by atoms with van der Waals surface area (Å²) in [6, 6.07) is 10.6. The minimum atomic E-state index is -0.712. The van der Waals surface area contributed by atoms with Crippen LogP contribution in [0.4, 0.5) is 5.69 Å². The van der Waals surface area contributed by atoms with E-state index in [1.807, 2.05) is 0 Å². The van der Waals surface area contributed by atoms with Crippen molar-refractivity contribution in [1.82, 2.24) is 9.47 Å². The summed E-state index contributed by atoms with van der Waals surface area (Å²) < 4.78 is 2.16. The van der Waals surface area contributed by atoms with Crippen LogP contribution in [0.1, 0.15) is 20.7 Å². The summed E-state index contributed by atoms with van der Waals surface area (Å²) in [6.07, 6.45) is 5.40. The number of rotatable bonds is 4. The molecule has 0 radical (unpaired) electrons. The molecule has 3 aromatic rings. The number of thiazole rings is 1. The number of terminal acetylenes is 1. The molecule has 3 amide bonds. The maximum atomic E-state index is 12.5. The molecule has 30 heavy (non-hydrogen) atoms. The molecule has 2 aromatic carbocycles. The first-order chi connectivity index (χ1) is 14.4. The van der Waals surface area contributed by atoms with E-state index >= 15 is 0 Å². The van der Waals surface area contributed by atoms with E-state index in [1.165, 1.54) is 28.8 Å². The summed E-state index contributed by atoms with van der Waals surface area (Å²) in [5.74, 6) is 0.616. The van der Waals surface area contributed by atoms with Crippen LogP contribution < -0.4 is 4.80 Å². The van der Waals surface area contributed by atoms with Crippen LogP contribution in [-0.2, 0) is 11.3 Å². The number of hydrogen-bond acceptors (Lipinski definition) is 6. The van der Waals surface area contributed by atoms with E-state index in [0.29, 0.717) is 10.2 Å². The van der Waals surface area contributed by atoms with Gasteiger partial charge in [0.25, 0.3) is 23.4 Å². The standard InChI is InChI=1S/C20H12N4O5S/c1-2-9-22-15-10-12(24(28)29)7-8-16(15)30-20(22)21-17(25)11-23-18(26)13-5-3-4-6-14(13)19(23)27/h1,3-8,10H,9,11H2. The Morgan fingerprint density at radius 1 is 1.17 bits per heavy atom. The van der Waals surface area contributed by atoms with Gasteiger partial charge in [0.1, 0.15) is 6.54 Å². The first-order valence-electron chi connectivity index (χ1n) is 8.64. The van der Waals surface area contributed by atoms with Gasteiger partial charge in [0.15, 0.2) is 4.80 Å². The van der Waals surface area contributed by atoms with Crippen molar-refractivity contribution in [2.45, 2.75) is 6.54 Å². The summed E-state index contributed by atoms with van der Waals surface area (Å²) in [7, 11) is 0. The van der Waals surface area contributed by atoms with Gasteiger partial charge >= 0.3 is 0 Å². The highest BCUT2D eigenvalue weighted by Gasteiger charge is 2.36. The Balaban J connectivity index is 1.70. The fourth-order valence-corrected chi connectivity index (χ4v) is 4.19. The van der Waals surface area contributed by atoms with Crippen LogP contribution in [-0.4, -0.2) is 38.7 Å². The molecule has 1 aliphatic rings. The number of carbonyl (C=O) groups excluding carboxylic acids is 3. The van der Waals surface area contributed by atoms with Gasteiger partial charge in [-0.1, -0.05) is 29.4 Å². The predicted molar refractivity (Wildman–Crippen MR) is 108 cm³/mol. The second kappa shape index (κ2) is 7.38. The molecule has 0 bridgehead atoms. The molecular formula is C20H12N4O5S. The number of nitro groups is 1. The first-order valence-corrected chi connectivity index (χ1v) is 9.46. The third-order valence-corrected chi connectivity index (χ3v) is 5.58. The lowest BCUT2D eigenvalue weighted by Gasteiger charge is -2.10. The van der Waals surface area contributed by atoms with Crippen LogP contribution in [0.5, 0.6) is 0 Å². The number of aromatic nitrogens is 1. The fourth-order valence-electron chi connectivity index (χ4n) is 3.16. The number of amides is 3. The molecule has 2 heterocycles. The SMILES string of the molecule is C#CCn1c(=NC(=O)CN2C(=O)c3ccccc3C2=O)sc2ccc([N+](=O)[O-])cc21. The minimum absolute atomic E-state index is 0.0420. The molecule has 0 aliphatic carbocycles. The van der Waals surface area contributed by atoms with Crippen LogP contribution in [0.3, 0.4) is 0 Å². The van der Waals surface area contributed by atoms with Crippen molar-refractivity contribution in [2.75, 3.05) is 6.54 Å². The number of non-ortho nitro benzene ring substituents is 1. The average Bonchev–Trinajstić information content (AvgIpc) is 3.18. The van der Waals surface area contributed by atoms with Gasteiger partial charge < -0.3 is 4.57 Å². The summed E-state index contributed by atoms with van der Waals surface area (Å²) in [6.45, 7) is -0.475. The van der Waals surface area contributed by atoms with Crippen LogP contribution in [0, 0.1) is 22.5 Å². The normalized spacial score (nSPS) is 13.6. The molecule has 0 saturated heterocycles. The highest BCUT2D eigenvalue weighted by molar-refractivity contribution is 7.16. The summed E-state index contributed by atoms with van der Waals surface area (Å²) in [5, 5.41) is 11.1. The van der Waals surface area contributed by atoms with E-state index < -0.39 is 29.2 Å². The fraction of sp³-hybridized carbons (Fsp3) is 0.100. The summed E-state index contributed by atoms with van der Waals surface area (Å²) in [4.78, 5) is 53.0. The lowest BCUT2D eigenvalue weighted by Crippen LogP contribution is -2.35. The smallest absolute Gasteiger partial charge is 0.271 e. The van der Waals surface area contributed by atoms with Crippen LogP contribution in [0.15, 0.2) is 47.5 Å². The van der Waals surface area contributed by atoms with Gasteiger partial charge in [-0.05, 0) is 18.2 Å². The Morgan fingerprint density at radius 3 is 2.43 bits per heavy atom. The Bertz CT molecular complexity index is 1330. The van der Waals surface area contributed by atoms with Gasteiger partial charge in [0, 0.05) is 12.1 Å². The molecule has 0 atom stereocenters. The van der Waals surface area contributed by atoms with Gasteiger partial charge in [-0.2, -0.15) is 4.99 Å². The number of imide groups is 1. The van der Waals surface area contributed by atoms with Crippen LogP contribution in [0.25, 0.3) is 10.2 Å². The van der Waals surface area contributed by atoms with Crippen LogP contribution in [0.2, 0.25) is 0 Å². The van der Waals surface area contributed by atoms with Crippen molar-refractivity contribution >= 4 is 45.0 Å². The van der Waals surface area contributed by atoms with E-state index in [1.54, 1.807) is 18.2 Å². The Morgan fingerprint density at radius 2 is 1.83 bits per heavy atom. The van der Waals surface area contributed by atoms with E-state index in [2.05, 4.69) is 10.9 Å². The largest absolute Gasteiger partial charge is 0.304 e. The molecular weight excluding hydrogens is 408 g/mol. The van der Waals surface area contributed by atoms with Crippen molar-refractivity contribution in [1.29, 1.82) is 0 Å². The topological polar surface area (TPSA) is 115 Å². The number of hydrogen-bond donors (Lipinski definition) is 0. The predicted octanol–water partition coefficient (Wildman–Crippen LogP) is 1.97. The highest BCUT2D eigenvalue weighted by atomic mass is 32.1. The molecule has 9 nitrogen and oxygen atoms in total. The molecule has 0 N–H and O–H groups in total. The minimum Gasteiger partial charge on any atom is -0.304 e. The zero-order valence-electron chi connectivity index (χ0n) is 15.3. The van der Waals surface area contributed by atoms with Gasteiger partial charge in [0.05, 0.1) is 32.8 Å². The summed E-state index contributed by atoms with van der Waals surface area (Å²) >= 11 is 1.13. The molecule has 10 heteroatoms.